The van der Waals surface area contributed by atoms with Crippen LogP contribution in [-0.2, 0) is 13.0 Å². The highest BCUT2D eigenvalue weighted by Crippen LogP contribution is 2.25. The van der Waals surface area contributed by atoms with E-state index in [9.17, 15) is 14.5 Å². The molecule has 0 aromatic heterocycles. The molecule has 0 bridgehead atoms. The quantitative estimate of drug-likeness (QED) is 0.503. The summed E-state index contributed by atoms with van der Waals surface area (Å²) >= 11 is 6.00. The minimum Gasteiger partial charge on any atom is -0.312 e. The Kier molecular flexibility index (Phi) is 5.25. The molecule has 2 rings (SSSR count). The van der Waals surface area contributed by atoms with Crippen molar-refractivity contribution in [3.63, 3.8) is 0 Å². The Labute approximate surface area is 126 Å². The Morgan fingerprint density at radius 1 is 1.19 bits per heavy atom. The van der Waals surface area contributed by atoms with E-state index in [0.717, 1.165) is 5.56 Å². The minimum absolute atomic E-state index is 0.0109. The molecule has 2 aromatic carbocycles. The number of benzene rings is 2. The highest BCUT2D eigenvalue weighted by Gasteiger charge is 2.15. The standard InChI is InChI=1S/C15H14ClFN2O2/c16-14-2-1-3-15(19(20)21)13(14)10-18-9-8-11-4-6-12(17)7-5-11/h1-7,18H,8-10H2. The number of nitrogens with one attached hydrogen (secondary N) is 1. The van der Waals surface area contributed by atoms with E-state index in [4.69, 9.17) is 11.6 Å². The predicted octanol–water partition coefficient (Wildman–Crippen LogP) is 3.72. The minimum atomic E-state index is -0.442. The van der Waals surface area contributed by atoms with E-state index in [1.54, 1.807) is 24.3 Å². The zero-order chi connectivity index (χ0) is 15.2. The first-order chi connectivity index (χ1) is 10.1. The molecule has 0 amide bonds. The molecule has 0 aliphatic heterocycles. The zero-order valence-corrected chi connectivity index (χ0v) is 11.9. The van der Waals surface area contributed by atoms with E-state index in [1.807, 2.05) is 0 Å². The monoisotopic (exact) mass is 308 g/mol. The number of nitro benzene ring substituents is 1. The van der Waals surface area contributed by atoms with Gasteiger partial charge in [0.2, 0.25) is 0 Å². The van der Waals surface area contributed by atoms with Gasteiger partial charge in [-0.3, -0.25) is 10.1 Å². The van der Waals surface area contributed by atoms with Crippen LogP contribution in [0.2, 0.25) is 5.02 Å². The molecule has 2 aromatic rings. The Bertz CT molecular complexity index is 632. The molecule has 0 unspecified atom stereocenters. The molecule has 4 nitrogen and oxygen atoms in total. The van der Waals surface area contributed by atoms with Crippen LogP contribution < -0.4 is 5.32 Å². The number of halogens is 2. The molecule has 110 valence electrons. The maximum atomic E-state index is 12.8. The van der Waals surface area contributed by atoms with Gasteiger partial charge in [0.1, 0.15) is 5.82 Å². The van der Waals surface area contributed by atoms with Crippen LogP contribution in [0, 0.1) is 15.9 Å². The lowest BCUT2D eigenvalue weighted by Crippen LogP contribution is -2.17. The second kappa shape index (κ2) is 7.15. The van der Waals surface area contributed by atoms with Crippen LogP contribution in [0.5, 0.6) is 0 Å². The molecular formula is C15H14ClFN2O2. The summed E-state index contributed by atoms with van der Waals surface area (Å²) in [6.45, 7) is 0.936. The summed E-state index contributed by atoms with van der Waals surface area (Å²) < 4.78 is 12.8. The molecule has 0 heterocycles. The van der Waals surface area contributed by atoms with E-state index >= 15 is 0 Å². The normalized spacial score (nSPS) is 10.6. The average molecular weight is 309 g/mol. The third-order valence-corrected chi connectivity index (χ3v) is 3.45. The lowest BCUT2D eigenvalue weighted by Gasteiger charge is -2.07. The molecule has 0 fully saturated rings. The van der Waals surface area contributed by atoms with Gasteiger partial charge in [0.15, 0.2) is 0 Å². The molecule has 0 saturated heterocycles. The van der Waals surface area contributed by atoms with Gasteiger partial charge < -0.3 is 5.32 Å². The number of nitro groups is 1. The van der Waals surface area contributed by atoms with Gasteiger partial charge in [0.05, 0.1) is 15.5 Å². The fourth-order valence-corrected chi connectivity index (χ4v) is 2.23. The van der Waals surface area contributed by atoms with E-state index in [2.05, 4.69) is 5.32 Å². The molecular weight excluding hydrogens is 295 g/mol. The highest BCUT2D eigenvalue weighted by atomic mass is 35.5. The van der Waals surface area contributed by atoms with Crippen LogP contribution >= 0.6 is 11.6 Å². The lowest BCUT2D eigenvalue weighted by atomic mass is 10.1. The van der Waals surface area contributed by atoms with Crippen molar-refractivity contribution in [2.24, 2.45) is 0 Å². The third-order valence-electron chi connectivity index (χ3n) is 3.10. The van der Waals surface area contributed by atoms with Crippen LogP contribution in [0.25, 0.3) is 0 Å². The Balaban J connectivity index is 1.92. The average Bonchev–Trinajstić information content (AvgIpc) is 2.46. The molecule has 0 aliphatic rings. The van der Waals surface area contributed by atoms with Gasteiger partial charge in [-0.2, -0.15) is 0 Å². The summed E-state index contributed by atoms with van der Waals surface area (Å²) in [6.07, 6.45) is 0.707. The lowest BCUT2D eigenvalue weighted by molar-refractivity contribution is -0.385. The maximum absolute atomic E-state index is 12.8. The van der Waals surface area contributed by atoms with Gasteiger partial charge in [-0.05, 0) is 36.7 Å². The fourth-order valence-electron chi connectivity index (χ4n) is 1.99. The summed E-state index contributed by atoms with van der Waals surface area (Å²) in [4.78, 5) is 10.5. The van der Waals surface area contributed by atoms with Crippen LogP contribution in [-0.4, -0.2) is 11.5 Å². The molecule has 0 radical (unpaired) electrons. The number of rotatable bonds is 6. The Hall–Kier alpha value is -1.98. The number of hydrogen-bond donors (Lipinski definition) is 1. The van der Waals surface area contributed by atoms with Gasteiger partial charge >= 0.3 is 0 Å². The third kappa shape index (κ3) is 4.24. The van der Waals surface area contributed by atoms with Crippen LogP contribution in [0.1, 0.15) is 11.1 Å². The van der Waals surface area contributed by atoms with Crippen molar-refractivity contribution >= 4 is 17.3 Å². The second-order valence-electron chi connectivity index (χ2n) is 4.55. The first-order valence-electron chi connectivity index (χ1n) is 6.45. The maximum Gasteiger partial charge on any atom is 0.275 e. The molecule has 1 N–H and O–H groups in total. The van der Waals surface area contributed by atoms with Gasteiger partial charge in [-0.1, -0.05) is 29.8 Å². The molecule has 6 heteroatoms. The van der Waals surface area contributed by atoms with Gasteiger partial charge in [0, 0.05) is 12.6 Å². The van der Waals surface area contributed by atoms with Crippen LogP contribution in [0.4, 0.5) is 10.1 Å². The van der Waals surface area contributed by atoms with Gasteiger partial charge in [0.25, 0.3) is 5.69 Å². The molecule has 0 aliphatic carbocycles. The van der Waals surface area contributed by atoms with Crippen molar-refractivity contribution < 1.29 is 9.31 Å². The molecule has 21 heavy (non-hydrogen) atoms. The number of nitrogens with zero attached hydrogens (tertiary/aromatic N) is 1. The van der Waals surface area contributed by atoms with Crippen molar-refractivity contribution in [2.45, 2.75) is 13.0 Å². The second-order valence-corrected chi connectivity index (χ2v) is 4.96. The number of hydrogen-bond acceptors (Lipinski definition) is 3. The molecule has 0 saturated carbocycles. The van der Waals surface area contributed by atoms with E-state index in [1.165, 1.54) is 18.2 Å². The summed E-state index contributed by atoms with van der Waals surface area (Å²) in [5, 5.41) is 14.4. The first-order valence-corrected chi connectivity index (χ1v) is 6.82. The fraction of sp³-hybridized carbons (Fsp3) is 0.200. The Morgan fingerprint density at radius 3 is 2.57 bits per heavy atom. The van der Waals surface area contributed by atoms with Crippen LogP contribution in [0.3, 0.4) is 0 Å². The Morgan fingerprint density at radius 2 is 1.90 bits per heavy atom. The summed E-state index contributed by atoms with van der Waals surface area (Å²) in [6, 6.07) is 10.9. The smallest absolute Gasteiger partial charge is 0.275 e. The van der Waals surface area contributed by atoms with Crippen molar-refractivity contribution in [1.82, 2.24) is 5.32 Å². The first kappa shape index (κ1) is 15.4. The summed E-state index contributed by atoms with van der Waals surface area (Å²) in [5.74, 6) is -0.265. The molecule has 0 atom stereocenters. The largest absolute Gasteiger partial charge is 0.312 e. The predicted molar refractivity (Wildman–Crippen MR) is 79.9 cm³/mol. The van der Waals surface area contributed by atoms with Crippen LogP contribution in [0.15, 0.2) is 42.5 Å². The van der Waals surface area contributed by atoms with E-state index < -0.39 is 4.92 Å². The highest BCUT2D eigenvalue weighted by molar-refractivity contribution is 6.31. The van der Waals surface area contributed by atoms with Crippen molar-refractivity contribution in [2.75, 3.05) is 6.54 Å². The van der Waals surface area contributed by atoms with Gasteiger partial charge in [-0.25, -0.2) is 4.39 Å². The zero-order valence-electron chi connectivity index (χ0n) is 11.2. The van der Waals surface area contributed by atoms with E-state index in [0.29, 0.717) is 30.1 Å². The van der Waals surface area contributed by atoms with Gasteiger partial charge in [-0.15, -0.1) is 0 Å². The van der Waals surface area contributed by atoms with Crippen molar-refractivity contribution in [3.8, 4) is 0 Å². The SMILES string of the molecule is O=[N+]([O-])c1cccc(Cl)c1CNCCc1ccc(F)cc1. The summed E-state index contributed by atoms with van der Waals surface area (Å²) in [5.41, 5.74) is 1.48. The van der Waals surface area contributed by atoms with Crippen molar-refractivity contribution in [3.05, 3.63) is 74.5 Å². The molecule has 0 spiro atoms. The summed E-state index contributed by atoms with van der Waals surface area (Å²) in [7, 11) is 0. The topological polar surface area (TPSA) is 55.2 Å². The van der Waals surface area contributed by atoms with Crippen molar-refractivity contribution in [1.29, 1.82) is 0 Å². The van der Waals surface area contributed by atoms with E-state index in [-0.39, 0.29) is 11.5 Å².